The van der Waals surface area contributed by atoms with Crippen LogP contribution in [0.2, 0.25) is 0 Å². The highest BCUT2D eigenvalue weighted by Crippen LogP contribution is 2.35. The fraction of sp³-hybridized carbons (Fsp3) is 0.417. The van der Waals surface area contributed by atoms with E-state index in [1.807, 2.05) is 64.2 Å². The maximum absolute atomic E-state index is 9.49. The van der Waals surface area contributed by atoms with E-state index >= 15 is 0 Å². The molecule has 0 aliphatic heterocycles. The van der Waals surface area contributed by atoms with Gasteiger partial charge in [0, 0.05) is 24.1 Å². The quantitative estimate of drug-likeness (QED) is 0.127. The van der Waals surface area contributed by atoms with E-state index in [2.05, 4.69) is 18.0 Å². The van der Waals surface area contributed by atoms with Gasteiger partial charge in [0.1, 0.15) is 11.5 Å². The van der Waals surface area contributed by atoms with Crippen LogP contribution < -0.4 is 18.9 Å². The number of fused-ring (bicyclic) bond motifs is 1. The Balaban J connectivity index is 0.000000380. The molecule has 0 radical (unpaired) electrons. The smallest absolute Gasteiger partial charge is 0.161 e. The molecule has 0 bridgehead atoms. The van der Waals surface area contributed by atoms with E-state index in [0.717, 1.165) is 63.4 Å². The summed E-state index contributed by atoms with van der Waals surface area (Å²) in [6.45, 7) is 12.4. The number of rotatable bonds is 15. The van der Waals surface area contributed by atoms with Crippen LogP contribution in [0.25, 0.3) is 10.8 Å². The number of aromatic hydroxyl groups is 2. The third kappa shape index (κ3) is 10.7. The molecular weight excluding hydrogens is 578 g/mol. The lowest BCUT2D eigenvalue weighted by Crippen LogP contribution is -2.01. The number of pyridine rings is 1. The van der Waals surface area contributed by atoms with Crippen LogP contribution in [0.15, 0.2) is 60.8 Å². The molecule has 0 fully saturated rings. The molecule has 0 atom stereocenters. The Morgan fingerprint density at radius 2 is 1.27 bits per heavy atom. The summed E-state index contributed by atoms with van der Waals surface area (Å²) < 4.78 is 23.0. The average molecular weight is 626 g/mol. The van der Waals surface area contributed by atoms with Crippen LogP contribution in [0.3, 0.4) is 0 Å². The van der Waals surface area contributed by atoms with Gasteiger partial charge >= 0.3 is 0 Å². The van der Waals surface area contributed by atoms with E-state index in [-0.39, 0.29) is 23.9 Å². The first-order valence-corrected chi connectivity index (χ1v) is 15.5. The van der Waals surface area contributed by atoms with Gasteiger partial charge in [0.2, 0.25) is 0 Å². The second-order valence-electron chi connectivity index (χ2n) is 10.1. The molecule has 2 N–H and O–H groups in total. The summed E-state index contributed by atoms with van der Waals surface area (Å²) in [7, 11) is 0. The van der Waals surface area contributed by atoms with E-state index in [0.29, 0.717) is 32.8 Å². The summed E-state index contributed by atoms with van der Waals surface area (Å²) in [4.78, 5) is 4.65. The van der Waals surface area contributed by atoms with Crippen molar-refractivity contribution in [2.24, 2.45) is 0 Å². The number of phenols is 2. The van der Waals surface area contributed by atoms with Crippen molar-refractivity contribution < 1.29 is 29.2 Å². The van der Waals surface area contributed by atoms with Crippen LogP contribution in [0.5, 0.6) is 34.5 Å². The van der Waals surface area contributed by atoms with Crippen molar-refractivity contribution in [3.63, 3.8) is 0 Å². The van der Waals surface area contributed by atoms with Gasteiger partial charge in [0.25, 0.3) is 0 Å². The van der Waals surface area contributed by atoms with Gasteiger partial charge < -0.3 is 29.2 Å². The minimum absolute atomic E-state index is 0. The molecule has 3 aromatic carbocycles. The monoisotopic (exact) mass is 625 g/mol. The molecule has 0 spiro atoms. The van der Waals surface area contributed by atoms with Crippen LogP contribution in [0.4, 0.5) is 0 Å². The molecule has 7 nitrogen and oxygen atoms in total. The zero-order valence-electron chi connectivity index (χ0n) is 26.7. The molecular formula is C36H48ClNO6. The average Bonchev–Trinajstić information content (AvgIpc) is 2.99. The Morgan fingerprint density at radius 3 is 1.91 bits per heavy atom. The predicted molar refractivity (Wildman–Crippen MR) is 181 cm³/mol. The largest absolute Gasteiger partial charge is 0.508 e. The highest BCUT2D eigenvalue weighted by molar-refractivity contribution is 5.88. The molecule has 0 aliphatic carbocycles. The van der Waals surface area contributed by atoms with Crippen molar-refractivity contribution in [3.05, 3.63) is 77.6 Å². The van der Waals surface area contributed by atoms with Crippen LogP contribution in [0.1, 0.15) is 77.1 Å². The summed E-state index contributed by atoms with van der Waals surface area (Å²) in [6.07, 6.45) is 8.20. The van der Waals surface area contributed by atoms with Crippen molar-refractivity contribution in [3.8, 4) is 34.5 Å². The number of unbranched alkanes of at least 4 members (excludes halogenated alkanes) is 3. The van der Waals surface area contributed by atoms with Gasteiger partial charge in [-0.15, -0.1) is 12.4 Å². The third-order valence-electron chi connectivity index (χ3n) is 6.86. The van der Waals surface area contributed by atoms with Crippen molar-refractivity contribution >= 4 is 23.2 Å². The minimum Gasteiger partial charge on any atom is -0.508 e. The Hall–Kier alpha value is -3.84. The molecule has 0 aliphatic rings. The van der Waals surface area contributed by atoms with Crippen LogP contribution in [-0.4, -0.2) is 41.6 Å². The zero-order valence-corrected chi connectivity index (χ0v) is 27.5. The summed E-state index contributed by atoms with van der Waals surface area (Å²) in [5.41, 5.74) is 3.03. The fourth-order valence-corrected chi connectivity index (χ4v) is 4.82. The molecule has 0 saturated carbocycles. The maximum atomic E-state index is 9.49. The SMILES string of the molecule is CCCCCCc1ccc(O)cc1O.CCOc1ccc(Cc2nccc3cc(OCC)c(OCC)cc23)cc1OCC.Cl. The van der Waals surface area contributed by atoms with E-state index in [9.17, 15) is 5.11 Å². The molecule has 1 aromatic heterocycles. The Labute approximate surface area is 268 Å². The molecule has 0 amide bonds. The molecule has 0 unspecified atom stereocenters. The standard InChI is InChI=1S/C24H29NO4.C12H18O2.ClH/c1-5-26-21-10-9-17(14-22(21)27-6-2)13-20-19-16-24(29-8-4)23(28-7-3)15-18(19)11-12-25-20;1-2-3-4-5-6-10-7-8-11(13)9-12(10)14;/h9-12,14-16H,5-8,13H2,1-4H3;7-9,13-14H,2-6H2,1H3;1H. The third-order valence-corrected chi connectivity index (χ3v) is 6.86. The van der Waals surface area contributed by atoms with E-state index in [4.69, 9.17) is 24.1 Å². The lowest BCUT2D eigenvalue weighted by atomic mass is 10.0. The lowest BCUT2D eigenvalue weighted by Gasteiger charge is -2.15. The summed E-state index contributed by atoms with van der Waals surface area (Å²) in [5, 5.41) is 20.7. The van der Waals surface area contributed by atoms with Crippen molar-refractivity contribution in [1.29, 1.82) is 0 Å². The summed E-state index contributed by atoms with van der Waals surface area (Å²) in [6, 6.07) is 16.9. The van der Waals surface area contributed by atoms with E-state index < -0.39 is 0 Å². The van der Waals surface area contributed by atoms with Crippen LogP contribution in [0, 0.1) is 0 Å². The Morgan fingerprint density at radius 1 is 0.636 bits per heavy atom. The van der Waals surface area contributed by atoms with Crippen molar-refractivity contribution in [2.45, 2.75) is 73.1 Å². The van der Waals surface area contributed by atoms with Crippen LogP contribution >= 0.6 is 12.4 Å². The van der Waals surface area contributed by atoms with Crippen molar-refractivity contribution in [2.75, 3.05) is 26.4 Å². The molecule has 0 saturated heterocycles. The highest BCUT2D eigenvalue weighted by atomic mass is 35.5. The number of hydrogen-bond donors (Lipinski definition) is 2. The number of benzene rings is 3. The molecule has 44 heavy (non-hydrogen) atoms. The van der Waals surface area contributed by atoms with Gasteiger partial charge in [0.05, 0.1) is 32.1 Å². The Kier molecular flexibility index (Phi) is 16.1. The maximum Gasteiger partial charge on any atom is 0.161 e. The second-order valence-corrected chi connectivity index (χ2v) is 10.1. The van der Waals surface area contributed by atoms with Crippen molar-refractivity contribution in [1.82, 2.24) is 4.98 Å². The number of nitrogens with zero attached hydrogens (tertiary/aromatic N) is 1. The topological polar surface area (TPSA) is 90.3 Å². The molecule has 4 aromatic rings. The highest BCUT2D eigenvalue weighted by Gasteiger charge is 2.13. The van der Waals surface area contributed by atoms with E-state index in [1.165, 1.54) is 25.3 Å². The summed E-state index contributed by atoms with van der Waals surface area (Å²) >= 11 is 0. The molecule has 4 rings (SSSR count). The lowest BCUT2D eigenvalue weighted by molar-refractivity contribution is 0.287. The van der Waals surface area contributed by atoms with Gasteiger partial charge in [0.15, 0.2) is 23.0 Å². The predicted octanol–water partition coefficient (Wildman–Crippen LogP) is 9.06. The number of aryl methyl sites for hydroxylation is 1. The number of ether oxygens (including phenoxy) is 4. The first-order valence-electron chi connectivity index (χ1n) is 15.5. The number of halogens is 1. The van der Waals surface area contributed by atoms with Crippen LogP contribution in [-0.2, 0) is 12.8 Å². The normalized spacial score (nSPS) is 10.4. The first-order chi connectivity index (χ1) is 20.9. The molecule has 1 heterocycles. The van der Waals surface area contributed by atoms with Gasteiger partial charge in [-0.05, 0) is 93.4 Å². The Bertz CT molecular complexity index is 1430. The molecule has 240 valence electrons. The summed E-state index contributed by atoms with van der Waals surface area (Å²) in [5.74, 6) is 3.38. The van der Waals surface area contributed by atoms with Gasteiger partial charge in [-0.1, -0.05) is 38.3 Å². The van der Waals surface area contributed by atoms with E-state index in [1.54, 1.807) is 12.1 Å². The first kappa shape index (κ1) is 36.4. The van der Waals surface area contributed by atoms with Gasteiger partial charge in [-0.3, -0.25) is 4.98 Å². The molecule has 8 heteroatoms. The number of phenolic OH excluding ortho intramolecular Hbond substituents is 2. The van der Waals surface area contributed by atoms with Gasteiger partial charge in [-0.25, -0.2) is 0 Å². The second kappa shape index (κ2) is 19.4. The number of hydrogen-bond acceptors (Lipinski definition) is 7. The van der Waals surface area contributed by atoms with Gasteiger partial charge in [-0.2, -0.15) is 0 Å². The fourth-order valence-electron chi connectivity index (χ4n) is 4.82. The minimum atomic E-state index is 0. The number of aromatic nitrogens is 1. The zero-order chi connectivity index (χ0) is 31.0.